The summed E-state index contributed by atoms with van der Waals surface area (Å²) in [5, 5.41) is 12.8. The first-order valence-electron chi connectivity index (χ1n) is 7.34. The highest BCUT2D eigenvalue weighted by Crippen LogP contribution is 2.27. The van der Waals surface area contributed by atoms with Gasteiger partial charge in [0.05, 0.1) is 13.2 Å². The number of nitrogens with one attached hydrogen (secondary N) is 1. The van der Waals surface area contributed by atoms with E-state index < -0.39 is 0 Å². The van der Waals surface area contributed by atoms with Crippen molar-refractivity contribution in [3.05, 3.63) is 66.4 Å². The van der Waals surface area contributed by atoms with Gasteiger partial charge in [0.1, 0.15) is 11.5 Å². The van der Waals surface area contributed by atoms with Crippen LogP contribution in [0.25, 0.3) is 0 Å². The maximum atomic E-state index is 9.57. The van der Waals surface area contributed by atoms with E-state index in [1.54, 1.807) is 31.5 Å². The quantitative estimate of drug-likeness (QED) is 0.912. The Morgan fingerprint density at radius 1 is 1.17 bits per heavy atom. The Bertz CT molecular complexity index is 755. The second-order valence-corrected chi connectivity index (χ2v) is 5.30. The fourth-order valence-corrected chi connectivity index (χ4v) is 2.54. The van der Waals surface area contributed by atoms with E-state index >= 15 is 0 Å². The Morgan fingerprint density at radius 3 is 2.78 bits per heavy atom. The van der Waals surface area contributed by atoms with E-state index in [1.165, 1.54) is 0 Å². The fraction of sp³-hybridized carbons (Fsp3) is 0.167. The van der Waals surface area contributed by atoms with Crippen molar-refractivity contribution in [1.29, 1.82) is 0 Å². The average Bonchev–Trinajstić information content (AvgIpc) is 2.57. The molecule has 1 aliphatic heterocycles. The third-order valence-corrected chi connectivity index (χ3v) is 3.75. The molecule has 3 rings (SSSR count). The van der Waals surface area contributed by atoms with Gasteiger partial charge in [-0.3, -0.25) is 0 Å². The molecule has 0 saturated heterocycles. The average molecular weight is 309 g/mol. The first-order chi connectivity index (χ1) is 11.2. The number of hydrogen-bond donors (Lipinski definition) is 2. The maximum absolute atomic E-state index is 9.57. The SMILES string of the molecule is COc1cccc(C2C=CN=C(Nc3cccc(O)c3)N2C)c1. The predicted molar refractivity (Wildman–Crippen MR) is 91.8 cm³/mol. The lowest BCUT2D eigenvalue weighted by Gasteiger charge is -2.31. The lowest BCUT2D eigenvalue weighted by molar-refractivity contribution is 0.406. The number of phenolic OH excluding ortho intramolecular Hbond substituents is 1. The second kappa shape index (κ2) is 6.44. The number of methoxy groups -OCH3 is 1. The molecule has 5 nitrogen and oxygen atoms in total. The third-order valence-electron chi connectivity index (χ3n) is 3.75. The Hall–Kier alpha value is -2.95. The first kappa shape index (κ1) is 15.0. The van der Waals surface area contributed by atoms with E-state index in [0.717, 1.165) is 17.0 Å². The van der Waals surface area contributed by atoms with Gasteiger partial charge in [-0.25, -0.2) is 4.99 Å². The molecule has 0 aromatic heterocycles. The maximum Gasteiger partial charge on any atom is 0.203 e. The van der Waals surface area contributed by atoms with Gasteiger partial charge in [0.2, 0.25) is 5.96 Å². The van der Waals surface area contributed by atoms with E-state index in [2.05, 4.69) is 16.4 Å². The van der Waals surface area contributed by atoms with Gasteiger partial charge in [-0.05, 0) is 35.9 Å². The van der Waals surface area contributed by atoms with Crippen LogP contribution in [0, 0.1) is 0 Å². The number of aromatic hydroxyl groups is 1. The largest absolute Gasteiger partial charge is 0.508 e. The molecule has 0 bridgehead atoms. The summed E-state index contributed by atoms with van der Waals surface area (Å²) in [6.07, 6.45) is 3.82. The van der Waals surface area contributed by atoms with Crippen LogP contribution in [-0.4, -0.2) is 30.1 Å². The van der Waals surface area contributed by atoms with E-state index in [9.17, 15) is 5.11 Å². The zero-order chi connectivity index (χ0) is 16.2. The molecule has 1 atom stereocenters. The molecular formula is C18H19N3O2. The Kier molecular flexibility index (Phi) is 4.19. The minimum Gasteiger partial charge on any atom is -0.508 e. The van der Waals surface area contributed by atoms with E-state index in [0.29, 0.717) is 5.96 Å². The summed E-state index contributed by atoms with van der Waals surface area (Å²) >= 11 is 0. The fourth-order valence-electron chi connectivity index (χ4n) is 2.54. The molecule has 118 valence electrons. The summed E-state index contributed by atoms with van der Waals surface area (Å²) in [5.41, 5.74) is 1.91. The highest BCUT2D eigenvalue weighted by atomic mass is 16.5. The van der Waals surface area contributed by atoms with Gasteiger partial charge in [-0.2, -0.15) is 0 Å². The number of phenols is 1. The van der Waals surface area contributed by atoms with Gasteiger partial charge in [0, 0.05) is 25.0 Å². The normalized spacial score (nSPS) is 16.9. The van der Waals surface area contributed by atoms with Crippen molar-refractivity contribution < 1.29 is 9.84 Å². The van der Waals surface area contributed by atoms with Crippen molar-refractivity contribution in [2.75, 3.05) is 19.5 Å². The van der Waals surface area contributed by atoms with Crippen LogP contribution < -0.4 is 10.1 Å². The minimum atomic E-state index is 0.0578. The summed E-state index contributed by atoms with van der Waals surface area (Å²) in [5.74, 6) is 1.76. The zero-order valence-corrected chi connectivity index (χ0v) is 13.1. The van der Waals surface area contributed by atoms with Gasteiger partial charge in [-0.1, -0.05) is 18.2 Å². The second-order valence-electron chi connectivity index (χ2n) is 5.30. The van der Waals surface area contributed by atoms with E-state index in [-0.39, 0.29) is 11.8 Å². The highest BCUT2D eigenvalue weighted by molar-refractivity contribution is 5.95. The van der Waals surface area contributed by atoms with Crippen molar-refractivity contribution in [2.24, 2.45) is 4.99 Å². The van der Waals surface area contributed by atoms with Crippen molar-refractivity contribution in [3.8, 4) is 11.5 Å². The molecule has 1 heterocycles. The molecule has 23 heavy (non-hydrogen) atoms. The van der Waals surface area contributed by atoms with Gasteiger partial charge in [0.25, 0.3) is 0 Å². The molecule has 0 saturated carbocycles. The third kappa shape index (κ3) is 3.29. The smallest absolute Gasteiger partial charge is 0.203 e. The molecule has 1 unspecified atom stereocenters. The van der Waals surface area contributed by atoms with Gasteiger partial charge >= 0.3 is 0 Å². The molecule has 1 aliphatic rings. The molecule has 2 aromatic carbocycles. The monoisotopic (exact) mass is 309 g/mol. The van der Waals surface area contributed by atoms with Crippen LogP contribution in [0.1, 0.15) is 11.6 Å². The molecule has 5 heteroatoms. The van der Waals surface area contributed by atoms with Crippen molar-refractivity contribution in [3.63, 3.8) is 0 Å². The molecular weight excluding hydrogens is 290 g/mol. The lowest BCUT2D eigenvalue weighted by atomic mass is 10.0. The van der Waals surface area contributed by atoms with E-state index in [4.69, 9.17) is 4.74 Å². The standard InChI is InChI=1S/C18H19N3O2/c1-21-17(13-5-3-8-16(11-13)23-2)9-10-19-18(21)20-14-6-4-7-15(22)12-14/h3-12,17,22H,1-2H3,(H,19,20). The zero-order valence-electron chi connectivity index (χ0n) is 13.1. The summed E-state index contributed by atoms with van der Waals surface area (Å²) in [6, 6.07) is 15.0. The minimum absolute atomic E-state index is 0.0578. The number of hydrogen-bond acceptors (Lipinski definition) is 5. The Labute approximate surface area is 135 Å². The van der Waals surface area contributed by atoms with E-state index in [1.807, 2.05) is 42.3 Å². The van der Waals surface area contributed by atoms with Crippen molar-refractivity contribution in [1.82, 2.24) is 4.90 Å². The molecule has 0 spiro atoms. The summed E-state index contributed by atoms with van der Waals surface area (Å²) in [6.45, 7) is 0. The molecule has 0 fully saturated rings. The van der Waals surface area contributed by atoms with Gasteiger partial charge in [0.15, 0.2) is 0 Å². The Morgan fingerprint density at radius 2 is 2.00 bits per heavy atom. The highest BCUT2D eigenvalue weighted by Gasteiger charge is 2.21. The molecule has 0 aliphatic carbocycles. The van der Waals surface area contributed by atoms with Crippen LogP contribution in [0.5, 0.6) is 11.5 Å². The number of benzene rings is 2. The number of likely N-dealkylation sites (N-methyl/N-ethyl adjacent to an activating group) is 1. The number of guanidine groups is 1. The number of anilines is 1. The molecule has 0 radical (unpaired) electrons. The van der Waals surface area contributed by atoms with Crippen LogP contribution in [0.15, 0.2) is 65.8 Å². The number of ether oxygens (including phenoxy) is 1. The predicted octanol–water partition coefficient (Wildman–Crippen LogP) is 3.37. The van der Waals surface area contributed by atoms with Gasteiger partial charge in [-0.15, -0.1) is 0 Å². The summed E-state index contributed by atoms with van der Waals surface area (Å²) in [7, 11) is 3.64. The first-order valence-corrected chi connectivity index (χ1v) is 7.34. The van der Waals surface area contributed by atoms with Crippen LogP contribution in [0.4, 0.5) is 5.69 Å². The van der Waals surface area contributed by atoms with Crippen LogP contribution >= 0.6 is 0 Å². The van der Waals surface area contributed by atoms with Crippen LogP contribution in [-0.2, 0) is 0 Å². The summed E-state index contributed by atoms with van der Waals surface area (Å²) < 4.78 is 5.30. The Balaban J connectivity index is 1.82. The van der Waals surface area contributed by atoms with Crippen LogP contribution in [0.3, 0.4) is 0 Å². The lowest BCUT2D eigenvalue weighted by Crippen LogP contribution is -2.37. The summed E-state index contributed by atoms with van der Waals surface area (Å²) in [4.78, 5) is 6.43. The van der Waals surface area contributed by atoms with Gasteiger partial charge < -0.3 is 20.1 Å². The van der Waals surface area contributed by atoms with Crippen molar-refractivity contribution >= 4 is 11.6 Å². The molecule has 2 N–H and O–H groups in total. The number of nitrogens with zero attached hydrogens (tertiary/aromatic N) is 2. The molecule has 2 aromatic rings. The molecule has 0 amide bonds. The van der Waals surface area contributed by atoms with Crippen molar-refractivity contribution in [2.45, 2.75) is 6.04 Å². The van der Waals surface area contributed by atoms with Crippen LogP contribution in [0.2, 0.25) is 0 Å². The number of aliphatic imine (C=N–C) groups is 1. The topological polar surface area (TPSA) is 57.1 Å². The number of rotatable bonds is 3.